The Bertz CT molecular complexity index is 703. The first-order chi connectivity index (χ1) is 9.15. The molecule has 2 aromatic carbocycles. The predicted octanol–water partition coefficient (Wildman–Crippen LogP) is 5.66. The van der Waals surface area contributed by atoms with Crippen molar-refractivity contribution in [3.05, 3.63) is 70.6 Å². The van der Waals surface area contributed by atoms with E-state index >= 15 is 0 Å². The zero-order valence-corrected chi connectivity index (χ0v) is 12.1. The second kappa shape index (κ2) is 5.02. The molecule has 0 saturated carbocycles. The smallest absolute Gasteiger partial charge is 0.130 e. The summed E-state index contributed by atoms with van der Waals surface area (Å²) in [7, 11) is 0. The topological polar surface area (TPSA) is 0 Å². The van der Waals surface area contributed by atoms with Crippen LogP contribution in [-0.2, 0) is 0 Å². The number of thiophene rings is 1. The van der Waals surface area contributed by atoms with Crippen molar-refractivity contribution >= 4 is 37.4 Å². The first-order valence-electron chi connectivity index (χ1n) is 5.72. The zero-order valence-electron chi connectivity index (χ0n) is 9.74. The van der Waals surface area contributed by atoms with Crippen molar-refractivity contribution in [1.82, 2.24) is 0 Å². The van der Waals surface area contributed by atoms with Crippen LogP contribution in [0.25, 0.3) is 10.1 Å². The van der Waals surface area contributed by atoms with Crippen molar-refractivity contribution < 1.29 is 8.78 Å². The molecule has 96 valence electrons. The van der Waals surface area contributed by atoms with Gasteiger partial charge in [-0.05, 0) is 23.6 Å². The first kappa shape index (κ1) is 12.8. The molecule has 4 heteroatoms. The van der Waals surface area contributed by atoms with Gasteiger partial charge in [0.25, 0.3) is 0 Å². The van der Waals surface area contributed by atoms with Gasteiger partial charge >= 0.3 is 0 Å². The van der Waals surface area contributed by atoms with E-state index in [-0.39, 0.29) is 4.83 Å². The second-order valence-electron chi connectivity index (χ2n) is 4.21. The molecule has 1 unspecified atom stereocenters. The number of hydrogen-bond donors (Lipinski definition) is 0. The molecule has 1 atom stereocenters. The van der Waals surface area contributed by atoms with Gasteiger partial charge < -0.3 is 0 Å². The summed E-state index contributed by atoms with van der Waals surface area (Å²) in [6.45, 7) is 0. The van der Waals surface area contributed by atoms with Gasteiger partial charge in [0, 0.05) is 21.2 Å². The maximum absolute atomic E-state index is 13.8. The second-order valence-corrected chi connectivity index (χ2v) is 6.25. The van der Waals surface area contributed by atoms with Gasteiger partial charge in [0.05, 0.1) is 4.83 Å². The SMILES string of the molecule is Fc1ccc(C(Br)c2cc3ccccc3s2)c(F)c1. The van der Waals surface area contributed by atoms with Crippen LogP contribution < -0.4 is 0 Å². The van der Waals surface area contributed by atoms with Crippen LogP contribution in [-0.4, -0.2) is 0 Å². The Hall–Kier alpha value is -1.26. The fourth-order valence-electron chi connectivity index (χ4n) is 1.99. The first-order valence-corrected chi connectivity index (χ1v) is 7.46. The molecule has 0 aliphatic carbocycles. The summed E-state index contributed by atoms with van der Waals surface area (Å²) in [4.78, 5) is 0.747. The Morgan fingerprint density at radius 1 is 1.00 bits per heavy atom. The fourth-order valence-corrected chi connectivity index (χ4v) is 3.83. The Labute approximate surface area is 121 Å². The average molecular weight is 339 g/mol. The molecule has 0 N–H and O–H groups in total. The van der Waals surface area contributed by atoms with Gasteiger partial charge in [0.2, 0.25) is 0 Å². The minimum atomic E-state index is -0.558. The van der Waals surface area contributed by atoms with Crippen LogP contribution >= 0.6 is 27.3 Å². The van der Waals surface area contributed by atoms with Crippen molar-refractivity contribution in [2.45, 2.75) is 4.83 Å². The highest BCUT2D eigenvalue weighted by Crippen LogP contribution is 2.39. The van der Waals surface area contributed by atoms with E-state index in [9.17, 15) is 8.78 Å². The van der Waals surface area contributed by atoms with E-state index in [1.54, 1.807) is 11.3 Å². The lowest BCUT2D eigenvalue weighted by molar-refractivity contribution is 0.574. The fraction of sp³-hybridized carbons (Fsp3) is 0.0667. The van der Waals surface area contributed by atoms with Crippen LogP contribution in [0.1, 0.15) is 15.3 Å². The number of rotatable bonds is 2. The lowest BCUT2D eigenvalue weighted by atomic mass is 10.1. The van der Waals surface area contributed by atoms with Crippen LogP contribution in [0.5, 0.6) is 0 Å². The highest BCUT2D eigenvalue weighted by molar-refractivity contribution is 9.09. The third-order valence-electron chi connectivity index (χ3n) is 2.93. The molecule has 0 aliphatic heterocycles. The highest BCUT2D eigenvalue weighted by Gasteiger charge is 2.17. The molecular formula is C15H9BrF2S. The van der Waals surface area contributed by atoms with E-state index in [0.717, 1.165) is 21.0 Å². The molecule has 19 heavy (non-hydrogen) atoms. The molecule has 0 aliphatic rings. The van der Waals surface area contributed by atoms with E-state index < -0.39 is 11.6 Å². The summed E-state index contributed by atoms with van der Waals surface area (Å²) in [5.74, 6) is -1.09. The van der Waals surface area contributed by atoms with Gasteiger partial charge in [-0.1, -0.05) is 40.2 Å². The molecule has 1 aromatic heterocycles. The maximum Gasteiger partial charge on any atom is 0.130 e. The summed E-state index contributed by atoms with van der Waals surface area (Å²) in [5.41, 5.74) is 0.452. The quantitative estimate of drug-likeness (QED) is 0.528. The predicted molar refractivity (Wildman–Crippen MR) is 79.0 cm³/mol. The van der Waals surface area contributed by atoms with Gasteiger partial charge in [-0.3, -0.25) is 0 Å². The van der Waals surface area contributed by atoms with Crippen molar-refractivity contribution in [3.63, 3.8) is 0 Å². The van der Waals surface area contributed by atoms with Gasteiger partial charge in [-0.2, -0.15) is 0 Å². The molecule has 0 nitrogen and oxygen atoms in total. The maximum atomic E-state index is 13.8. The monoisotopic (exact) mass is 338 g/mol. The van der Waals surface area contributed by atoms with Gasteiger partial charge in [-0.15, -0.1) is 11.3 Å². The van der Waals surface area contributed by atoms with Gasteiger partial charge in [-0.25, -0.2) is 8.78 Å². The van der Waals surface area contributed by atoms with E-state index in [0.29, 0.717) is 5.56 Å². The largest absolute Gasteiger partial charge is 0.207 e. The van der Waals surface area contributed by atoms with Crippen molar-refractivity contribution in [1.29, 1.82) is 0 Å². The normalized spacial score (nSPS) is 12.8. The molecule has 1 heterocycles. The molecule has 0 amide bonds. The summed E-state index contributed by atoms with van der Waals surface area (Å²) in [5, 5.41) is 1.13. The van der Waals surface area contributed by atoms with Crippen molar-refractivity contribution in [3.8, 4) is 0 Å². The highest BCUT2D eigenvalue weighted by atomic mass is 79.9. The standard InChI is InChI=1S/C15H9BrF2S/c16-15(11-6-5-10(17)8-12(11)18)14-7-9-3-1-2-4-13(9)19-14/h1-8,15H. The molecular weight excluding hydrogens is 330 g/mol. The van der Waals surface area contributed by atoms with Crippen molar-refractivity contribution in [2.24, 2.45) is 0 Å². The minimum Gasteiger partial charge on any atom is -0.207 e. The van der Waals surface area contributed by atoms with Crippen LogP contribution in [0.4, 0.5) is 8.78 Å². The van der Waals surface area contributed by atoms with Gasteiger partial charge in [0.15, 0.2) is 0 Å². The summed E-state index contributed by atoms with van der Waals surface area (Å²) in [6.07, 6.45) is 0. The third kappa shape index (κ3) is 2.42. The van der Waals surface area contributed by atoms with E-state index in [2.05, 4.69) is 15.9 Å². The molecule has 0 fully saturated rings. The molecule has 0 radical (unpaired) electrons. The minimum absolute atomic E-state index is 0.259. The van der Waals surface area contributed by atoms with Crippen LogP contribution in [0.2, 0.25) is 0 Å². The van der Waals surface area contributed by atoms with E-state index in [1.807, 2.05) is 30.3 Å². The summed E-state index contributed by atoms with van der Waals surface area (Å²) < 4.78 is 27.9. The Balaban J connectivity index is 2.05. The van der Waals surface area contributed by atoms with E-state index in [1.165, 1.54) is 12.1 Å². The molecule has 0 bridgehead atoms. The molecule has 3 rings (SSSR count). The number of halogens is 3. The summed E-state index contributed by atoms with van der Waals surface area (Å²) in [6, 6.07) is 13.7. The number of hydrogen-bond acceptors (Lipinski definition) is 1. The lowest BCUT2D eigenvalue weighted by Gasteiger charge is -2.09. The Morgan fingerprint density at radius 2 is 1.79 bits per heavy atom. The zero-order chi connectivity index (χ0) is 13.4. The van der Waals surface area contributed by atoms with Crippen LogP contribution in [0, 0.1) is 11.6 Å². The van der Waals surface area contributed by atoms with Crippen LogP contribution in [0.15, 0.2) is 48.5 Å². The lowest BCUT2D eigenvalue weighted by Crippen LogP contribution is -1.95. The Morgan fingerprint density at radius 3 is 2.53 bits per heavy atom. The van der Waals surface area contributed by atoms with Crippen molar-refractivity contribution in [2.75, 3.05) is 0 Å². The molecule has 0 saturated heterocycles. The summed E-state index contributed by atoms with van der Waals surface area (Å²) >= 11 is 5.10. The average Bonchev–Trinajstić information content (AvgIpc) is 2.81. The van der Waals surface area contributed by atoms with E-state index in [4.69, 9.17) is 0 Å². The molecule has 0 spiro atoms. The molecule has 3 aromatic rings. The Kier molecular flexibility index (Phi) is 3.37. The number of fused-ring (bicyclic) bond motifs is 1. The van der Waals surface area contributed by atoms with Gasteiger partial charge in [0.1, 0.15) is 11.6 Å². The number of benzene rings is 2. The van der Waals surface area contributed by atoms with Crippen LogP contribution in [0.3, 0.4) is 0 Å². The number of alkyl halides is 1. The third-order valence-corrected chi connectivity index (χ3v) is 5.40.